The molecule has 0 fully saturated rings. The molecule has 0 saturated carbocycles. The zero-order chi connectivity index (χ0) is 11.9. The highest BCUT2D eigenvalue weighted by Gasteiger charge is 2.37. The van der Waals surface area contributed by atoms with Gasteiger partial charge < -0.3 is 5.11 Å². The van der Waals surface area contributed by atoms with E-state index in [4.69, 9.17) is 11.6 Å². The van der Waals surface area contributed by atoms with Crippen molar-refractivity contribution in [2.75, 3.05) is 0 Å². The lowest BCUT2D eigenvalue weighted by Gasteiger charge is -2.24. The summed E-state index contributed by atoms with van der Waals surface area (Å²) in [6.07, 6.45) is 1.67. The second-order valence-electron chi connectivity index (χ2n) is 4.52. The molecule has 2 aromatic rings. The minimum Gasteiger partial charge on any atom is -0.380 e. The van der Waals surface area contributed by atoms with Gasteiger partial charge in [0.15, 0.2) is 0 Å². The van der Waals surface area contributed by atoms with Crippen LogP contribution in [0.25, 0.3) is 0 Å². The summed E-state index contributed by atoms with van der Waals surface area (Å²) in [4.78, 5) is 0. The van der Waals surface area contributed by atoms with Gasteiger partial charge in [0.2, 0.25) is 0 Å². The molecule has 1 nitrogen and oxygen atoms in total. The van der Waals surface area contributed by atoms with Crippen molar-refractivity contribution in [3.8, 4) is 0 Å². The molecule has 2 aromatic carbocycles. The van der Waals surface area contributed by atoms with Crippen molar-refractivity contribution in [2.24, 2.45) is 0 Å². The van der Waals surface area contributed by atoms with E-state index in [1.54, 1.807) is 0 Å². The Bertz CT molecular complexity index is 547. The number of aliphatic hydroxyl groups is 1. The van der Waals surface area contributed by atoms with Crippen LogP contribution in [0.15, 0.2) is 48.5 Å². The fourth-order valence-corrected chi connectivity index (χ4v) is 2.74. The van der Waals surface area contributed by atoms with Crippen molar-refractivity contribution in [2.45, 2.75) is 18.4 Å². The van der Waals surface area contributed by atoms with Crippen LogP contribution < -0.4 is 0 Å². The summed E-state index contributed by atoms with van der Waals surface area (Å²) in [6, 6.07) is 15.6. The molecule has 0 radical (unpaired) electrons. The summed E-state index contributed by atoms with van der Waals surface area (Å²) in [7, 11) is 0. The Morgan fingerprint density at radius 3 is 2.47 bits per heavy atom. The van der Waals surface area contributed by atoms with E-state index >= 15 is 0 Å². The van der Waals surface area contributed by atoms with Crippen molar-refractivity contribution in [1.82, 2.24) is 0 Å². The molecule has 17 heavy (non-hydrogen) atoms. The first-order chi connectivity index (χ1) is 8.20. The maximum Gasteiger partial charge on any atom is 0.115 e. The summed E-state index contributed by atoms with van der Waals surface area (Å²) in [5, 5.41) is 11.6. The number of hydrogen-bond acceptors (Lipinski definition) is 1. The van der Waals surface area contributed by atoms with E-state index in [9.17, 15) is 5.11 Å². The van der Waals surface area contributed by atoms with E-state index in [2.05, 4.69) is 6.07 Å². The Balaban J connectivity index is 2.12. The maximum absolute atomic E-state index is 10.9. The zero-order valence-corrected chi connectivity index (χ0v) is 10.1. The smallest absolute Gasteiger partial charge is 0.115 e. The molecule has 0 amide bonds. The van der Waals surface area contributed by atoms with Gasteiger partial charge in [0, 0.05) is 5.02 Å². The van der Waals surface area contributed by atoms with Gasteiger partial charge in [-0.2, -0.15) is 0 Å². The molecule has 0 aliphatic heterocycles. The van der Waals surface area contributed by atoms with Crippen LogP contribution in [0.2, 0.25) is 5.02 Å². The van der Waals surface area contributed by atoms with Gasteiger partial charge in [-0.05, 0) is 41.7 Å². The average molecular weight is 245 g/mol. The van der Waals surface area contributed by atoms with Gasteiger partial charge in [0.25, 0.3) is 0 Å². The Hall–Kier alpha value is -1.31. The molecule has 3 rings (SSSR count). The molecule has 0 saturated heterocycles. The van der Waals surface area contributed by atoms with E-state index in [1.165, 1.54) is 5.56 Å². The number of halogens is 1. The topological polar surface area (TPSA) is 20.2 Å². The fourth-order valence-electron chi connectivity index (χ4n) is 2.62. The Labute approximate surface area is 106 Å². The highest BCUT2D eigenvalue weighted by Crippen LogP contribution is 2.41. The molecular weight excluding hydrogens is 232 g/mol. The highest BCUT2D eigenvalue weighted by molar-refractivity contribution is 6.30. The molecule has 1 aliphatic rings. The van der Waals surface area contributed by atoms with Gasteiger partial charge in [-0.3, -0.25) is 0 Å². The minimum atomic E-state index is -0.846. The average Bonchev–Trinajstić information content (AvgIpc) is 2.70. The molecule has 86 valence electrons. The second kappa shape index (κ2) is 3.86. The number of hydrogen-bond donors (Lipinski definition) is 1. The normalized spacial score (nSPS) is 22.5. The second-order valence-corrected chi connectivity index (χ2v) is 4.96. The van der Waals surface area contributed by atoms with Crippen LogP contribution in [0.1, 0.15) is 23.1 Å². The van der Waals surface area contributed by atoms with Crippen LogP contribution in [0.3, 0.4) is 0 Å². The first kappa shape index (κ1) is 10.8. The van der Waals surface area contributed by atoms with Crippen molar-refractivity contribution < 1.29 is 5.11 Å². The Kier molecular flexibility index (Phi) is 2.46. The largest absolute Gasteiger partial charge is 0.380 e. The van der Waals surface area contributed by atoms with E-state index in [1.807, 2.05) is 42.5 Å². The molecular formula is C15H13ClO. The standard InChI is InChI=1S/C15H13ClO/c16-13-7-5-12(6-8-13)15(17)10-9-11-3-1-2-4-14(11)15/h1-8,17H,9-10H2. The number of benzene rings is 2. The predicted octanol–water partition coefficient (Wildman–Crippen LogP) is 3.52. The van der Waals surface area contributed by atoms with Gasteiger partial charge in [0.05, 0.1) is 0 Å². The zero-order valence-electron chi connectivity index (χ0n) is 9.36. The summed E-state index contributed by atoms with van der Waals surface area (Å²) < 4.78 is 0. The highest BCUT2D eigenvalue weighted by atomic mass is 35.5. The van der Waals surface area contributed by atoms with Crippen molar-refractivity contribution in [1.29, 1.82) is 0 Å². The predicted molar refractivity (Wildman–Crippen MR) is 69.2 cm³/mol. The molecule has 1 N–H and O–H groups in total. The monoisotopic (exact) mass is 244 g/mol. The number of rotatable bonds is 1. The molecule has 1 unspecified atom stereocenters. The molecule has 1 aliphatic carbocycles. The van der Waals surface area contributed by atoms with Gasteiger partial charge in [-0.25, -0.2) is 0 Å². The van der Waals surface area contributed by atoms with E-state index in [0.717, 1.165) is 24.0 Å². The van der Waals surface area contributed by atoms with Crippen LogP contribution in [0.5, 0.6) is 0 Å². The summed E-state index contributed by atoms with van der Waals surface area (Å²) in [5.41, 5.74) is 2.35. The van der Waals surface area contributed by atoms with Crippen molar-refractivity contribution in [3.63, 3.8) is 0 Å². The van der Waals surface area contributed by atoms with Gasteiger partial charge in [-0.15, -0.1) is 0 Å². The Morgan fingerprint density at radius 1 is 1.00 bits per heavy atom. The third-order valence-corrected chi connectivity index (χ3v) is 3.79. The van der Waals surface area contributed by atoms with Gasteiger partial charge in [-0.1, -0.05) is 48.0 Å². The number of fused-ring (bicyclic) bond motifs is 1. The summed E-state index contributed by atoms with van der Waals surface area (Å²) in [6.45, 7) is 0. The van der Waals surface area contributed by atoms with Crippen LogP contribution in [0.4, 0.5) is 0 Å². The third-order valence-electron chi connectivity index (χ3n) is 3.54. The van der Waals surface area contributed by atoms with Crippen LogP contribution in [0, 0.1) is 0 Å². The fraction of sp³-hybridized carbons (Fsp3) is 0.200. The van der Waals surface area contributed by atoms with Gasteiger partial charge >= 0.3 is 0 Å². The first-order valence-electron chi connectivity index (χ1n) is 5.77. The molecule has 1 atom stereocenters. The van der Waals surface area contributed by atoms with E-state index in [-0.39, 0.29) is 0 Å². The van der Waals surface area contributed by atoms with Crippen LogP contribution in [-0.2, 0) is 12.0 Å². The quantitative estimate of drug-likeness (QED) is 0.814. The van der Waals surface area contributed by atoms with Crippen molar-refractivity contribution >= 4 is 11.6 Å². The molecule has 0 spiro atoms. The molecule has 0 aromatic heterocycles. The SMILES string of the molecule is OC1(c2ccc(Cl)cc2)CCc2ccccc21. The van der Waals surface area contributed by atoms with Crippen molar-refractivity contribution in [3.05, 3.63) is 70.2 Å². The van der Waals surface area contributed by atoms with E-state index < -0.39 is 5.60 Å². The van der Waals surface area contributed by atoms with Crippen LogP contribution >= 0.6 is 11.6 Å². The van der Waals surface area contributed by atoms with Gasteiger partial charge in [0.1, 0.15) is 5.60 Å². The first-order valence-corrected chi connectivity index (χ1v) is 6.15. The minimum absolute atomic E-state index is 0.698. The summed E-state index contributed by atoms with van der Waals surface area (Å²) >= 11 is 5.88. The molecule has 0 heterocycles. The summed E-state index contributed by atoms with van der Waals surface area (Å²) in [5.74, 6) is 0. The Morgan fingerprint density at radius 2 is 1.71 bits per heavy atom. The van der Waals surface area contributed by atoms with Crippen LogP contribution in [-0.4, -0.2) is 5.11 Å². The molecule has 0 bridgehead atoms. The number of aryl methyl sites for hydroxylation is 1. The lowest BCUT2D eigenvalue weighted by atomic mass is 9.88. The maximum atomic E-state index is 10.9. The molecule has 2 heteroatoms. The lowest BCUT2D eigenvalue weighted by Crippen LogP contribution is -2.23. The lowest BCUT2D eigenvalue weighted by molar-refractivity contribution is 0.0829. The van der Waals surface area contributed by atoms with E-state index in [0.29, 0.717) is 5.02 Å². The third kappa shape index (κ3) is 1.67.